The Morgan fingerprint density at radius 2 is 1.10 bits per heavy atom. The van der Waals surface area contributed by atoms with Crippen LogP contribution in [-0.2, 0) is 38.3 Å². The molecule has 1 saturated heterocycles. The number of aliphatic hydroxyl groups is 3. The number of hydrogen-bond acceptors (Lipinski definition) is 11. The summed E-state index contributed by atoms with van der Waals surface area (Å²) in [5.74, 6) is -0.449. The largest absolute Gasteiger partial charge is 0.457 e. The van der Waals surface area contributed by atoms with Crippen molar-refractivity contribution in [3.05, 3.63) is 97.2 Å². The van der Waals surface area contributed by atoms with Crippen LogP contribution < -0.4 is 0 Å². The minimum Gasteiger partial charge on any atom is -0.457 e. The predicted octanol–water partition coefficient (Wildman–Crippen LogP) is 10.2. The topological polar surface area (TPSA) is 178 Å². The summed E-state index contributed by atoms with van der Waals surface area (Å²) in [6.45, 7) is 3.73. The third-order valence-corrected chi connectivity index (χ3v) is 10.4. The van der Waals surface area contributed by atoms with Gasteiger partial charge in [-0.2, -0.15) is 8.42 Å². The van der Waals surface area contributed by atoms with Crippen molar-refractivity contribution in [2.45, 2.75) is 185 Å². The van der Waals surface area contributed by atoms with Crippen LogP contribution in [0.1, 0.15) is 149 Å². The van der Waals surface area contributed by atoms with Crippen molar-refractivity contribution >= 4 is 16.4 Å². The van der Waals surface area contributed by atoms with Gasteiger partial charge in [0.15, 0.2) is 6.29 Å². The van der Waals surface area contributed by atoms with Gasteiger partial charge in [0.1, 0.15) is 30.5 Å². The number of unbranched alkanes of at least 4 members (excludes halogenated alkanes) is 10. The van der Waals surface area contributed by atoms with Gasteiger partial charge in [-0.25, -0.2) is 4.18 Å². The quantitative estimate of drug-likeness (QED) is 0.0199. The van der Waals surface area contributed by atoms with E-state index >= 15 is 0 Å². The van der Waals surface area contributed by atoms with Gasteiger partial charge in [-0.05, 0) is 89.9 Å². The Morgan fingerprint density at radius 1 is 0.619 bits per heavy atom. The molecule has 6 unspecified atom stereocenters. The van der Waals surface area contributed by atoms with Crippen molar-refractivity contribution in [1.29, 1.82) is 0 Å². The first-order chi connectivity index (χ1) is 30.6. The fraction of sp³-hybridized carbons (Fsp3) is 0.660. The standard InChI is InChI=1S/C50H82O12S/c1-3-5-7-9-11-13-15-17-19-20-21-22-23-24-25-27-29-31-33-35-37-39-46(52)60-44(43-59-50-48(54)49(62-63(55,56)57)47(53)45(41-51)61-50)42-58-40-38-36-34-32-30-28-26-18-16-14-12-10-8-6-4-2/h5,7,10-13,16-19,21-22,24-25,29,31,44-45,47-51,53-54H,3-4,6,8-9,14-15,20,23,26-28,30,32-43H2,1-2H3,(H,55,56,57)/b7-5-,12-10-,13-11-,18-16-,19-17-,22-21-,25-24-,31-29-. The van der Waals surface area contributed by atoms with Gasteiger partial charge in [-0.3, -0.25) is 9.35 Å². The highest BCUT2D eigenvalue weighted by molar-refractivity contribution is 7.80. The normalized spacial score (nSPS) is 20.8. The Hall–Kier alpha value is -2.98. The van der Waals surface area contributed by atoms with E-state index in [9.17, 15) is 28.5 Å². The molecule has 1 rings (SSSR count). The zero-order valence-electron chi connectivity index (χ0n) is 38.3. The Bertz CT molecular complexity index is 1460. The van der Waals surface area contributed by atoms with E-state index in [1.165, 1.54) is 25.7 Å². The summed E-state index contributed by atoms with van der Waals surface area (Å²) in [5.41, 5.74) is 0. The van der Waals surface area contributed by atoms with Crippen LogP contribution in [0.5, 0.6) is 0 Å². The molecule has 4 N–H and O–H groups in total. The highest BCUT2D eigenvalue weighted by Gasteiger charge is 2.48. The first-order valence-corrected chi connectivity index (χ1v) is 24.9. The van der Waals surface area contributed by atoms with Crippen LogP contribution in [0.3, 0.4) is 0 Å². The summed E-state index contributed by atoms with van der Waals surface area (Å²) in [7, 11) is -5.08. The lowest BCUT2D eigenvalue weighted by atomic mass is 9.99. The average Bonchev–Trinajstić information content (AvgIpc) is 3.26. The lowest BCUT2D eigenvalue weighted by Gasteiger charge is -2.41. The van der Waals surface area contributed by atoms with Gasteiger partial charge in [0, 0.05) is 13.0 Å². The maximum Gasteiger partial charge on any atom is 0.397 e. The molecule has 0 spiro atoms. The van der Waals surface area contributed by atoms with Crippen molar-refractivity contribution < 1.29 is 56.2 Å². The van der Waals surface area contributed by atoms with Crippen LogP contribution in [0, 0.1) is 0 Å². The first kappa shape index (κ1) is 58.0. The zero-order chi connectivity index (χ0) is 46.1. The SMILES string of the molecule is CC/C=C\C/C=C\C/C=C\C/C=C\C/C=C\C/C=C\CCCCC(=O)OC(COCCCCCCCC/C=C\C/C=C\CCCC)COC1OC(CO)C(O)C(OS(=O)(=O)O)C1O. The molecule has 0 aromatic rings. The van der Waals surface area contributed by atoms with E-state index in [0.29, 0.717) is 13.0 Å². The molecule has 0 aromatic carbocycles. The van der Waals surface area contributed by atoms with Crippen molar-refractivity contribution in [3.8, 4) is 0 Å². The maximum absolute atomic E-state index is 12.9. The van der Waals surface area contributed by atoms with Crippen LogP contribution in [0.25, 0.3) is 0 Å². The Morgan fingerprint density at radius 3 is 1.60 bits per heavy atom. The summed E-state index contributed by atoms with van der Waals surface area (Å²) in [5, 5.41) is 30.7. The fourth-order valence-electron chi connectivity index (χ4n) is 6.40. The maximum atomic E-state index is 12.9. The van der Waals surface area contributed by atoms with E-state index in [0.717, 1.165) is 96.3 Å². The molecule has 0 amide bonds. The monoisotopic (exact) mass is 907 g/mol. The molecule has 1 aliphatic heterocycles. The van der Waals surface area contributed by atoms with Crippen LogP contribution in [0.15, 0.2) is 97.2 Å². The Kier molecular flexibility index (Phi) is 37.3. The van der Waals surface area contributed by atoms with E-state index in [1.54, 1.807) is 0 Å². The second-order valence-corrected chi connectivity index (χ2v) is 16.7. The highest BCUT2D eigenvalue weighted by Crippen LogP contribution is 2.26. The molecule has 0 aliphatic carbocycles. The van der Waals surface area contributed by atoms with E-state index in [1.807, 2.05) is 0 Å². The highest BCUT2D eigenvalue weighted by atomic mass is 32.3. The number of allylic oxidation sites excluding steroid dienone is 16. The number of carbonyl (C=O) groups is 1. The summed E-state index contributed by atoms with van der Waals surface area (Å²) >= 11 is 0. The third kappa shape index (κ3) is 34.1. The zero-order valence-corrected chi connectivity index (χ0v) is 39.2. The number of esters is 1. The van der Waals surface area contributed by atoms with E-state index in [-0.39, 0.29) is 19.6 Å². The summed E-state index contributed by atoms with van der Waals surface area (Å²) in [6, 6.07) is 0. The van der Waals surface area contributed by atoms with Crippen LogP contribution in [0.2, 0.25) is 0 Å². The van der Waals surface area contributed by atoms with Crippen LogP contribution >= 0.6 is 0 Å². The lowest BCUT2D eigenvalue weighted by molar-refractivity contribution is -0.301. The van der Waals surface area contributed by atoms with E-state index in [4.69, 9.17) is 23.5 Å². The first-order valence-electron chi connectivity index (χ1n) is 23.5. The van der Waals surface area contributed by atoms with Crippen molar-refractivity contribution in [3.63, 3.8) is 0 Å². The van der Waals surface area contributed by atoms with E-state index < -0.39 is 59.8 Å². The van der Waals surface area contributed by atoms with Crippen molar-refractivity contribution in [2.75, 3.05) is 26.4 Å². The number of hydrogen-bond donors (Lipinski definition) is 4. The second kappa shape index (κ2) is 40.5. The predicted molar refractivity (Wildman–Crippen MR) is 252 cm³/mol. The molecule has 1 aliphatic rings. The van der Waals surface area contributed by atoms with Gasteiger partial charge in [-0.1, -0.05) is 150 Å². The Balaban J connectivity index is 2.47. The summed E-state index contributed by atoms with van der Waals surface area (Å²) in [4.78, 5) is 12.9. The average molecular weight is 907 g/mol. The second-order valence-electron chi connectivity index (χ2n) is 15.6. The number of aliphatic hydroxyl groups excluding tert-OH is 3. The van der Waals surface area contributed by atoms with E-state index in [2.05, 4.69) is 115 Å². The molecular formula is C50H82O12S. The molecule has 6 atom stereocenters. The minimum atomic E-state index is -5.08. The molecule has 63 heavy (non-hydrogen) atoms. The molecule has 12 nitrogen and oxygen atoms in total. The minimum absolute atomic E-state index is 0.00419. The molecule has 360 valence electrons. The van der Waals surface area contributed by atoms with Gasteiger partial charge in [0.2, 0.25) is 0 Å². The smallest absolute Gasteiger partial charge is 0.397 e. The lowest BCUT2D eigenvalue weighted by Crippen LogP contribution is -2.60. The third-order valence-electron chi connectivity index (χ3n) is 9.94. The molecular weight excluding hydrogens is 825 g/mol. The molecule has 0 radical (unpaired) electrons. The van der Waals surface area contributed by atoms with Gasteiger partial charge in [0.25, 0.3) is 0 Å². The summed E-state index contributed by atoms with van der Waals surface area (Å²) in [6.07, 6.45) is 45.8. The number of ether oxygens (including phenoxy) is 4. The van der Waals surface area contributed by atoms with Crippen LogP contribution in [0.4, 0.5) is 0 Å². The van der Waals surface area contributed by atoms with Crippen LogP contribution in [-0.4, -0.2) is 97.5 Å². The van der Waals surface area contributed by atoms with Gasteiger partial charge < -0.3 is 34.3 Å². The molecule has 0 saturated carbocycles. The Labute approximate surface area is 380 Å². The summed E-state index contributed by atoms with van der Waals surface area (Å²) < 4.78 is 59.0. The van der Waals surface area contributed by atoms with Gasteiger partial charge in [0.05, 0.1) is 19.8 Å². The molecule has 1 heterocycles. The number of rotatable bonds is 39. The van der Waals surface area contributed by atoms with Crippen molar-refractivity contribution in [1.82, 2.24) is 0 Å². The fourth-order valence-corrected chi connectivity index (χ4v) is 6.90. The number of carbonyl (C=O) groups excluding carboxylic acids is 1. The molecule has 1 fully saturated rings. The van der Waals surface area contributed by atoms with Crippen molar-refractivity contribution in [2.24, 2.45) is 0 Å². The van der Waals surface area contributed by atoms with Gasteiger partial charge >= 0.3 is 16.4 Å². The molecule has 13 heteroatoms. The molecule has 0 bridgehead atoms. The molecule has 0 aromatic heterocycles. The van der Waals surface area contributed by atoms with Gasteiger partial charge in [-0.15, -0.1) is 0 Å².